The highest BCUT2D eigenvalue weighted by Gasteiger charge is 2.36. The Kier molecular flexibility index (Phi) is 6.69. The summed E-state index contributed by atoms with van der Waals surface area (Å²) in [6.45, 7) is -0.449. The Morgan fingerprint density at radius 3 is 2.53 bits per heavy atom. The average Bonchev–Trinajstić information content (AvgIpc) is 3.31. The van der Waals surface area contributed by atoms with Crippen molar-refractivity contribution < 1.29 is 23.2 Å². The molecule has 0 unspecified atom stereocenters. The predicted octanol–water partition coefficient (Wildman–Crippen LogP) is 5.90. The summed E-state index contributed by atoms with van der Waals surface area (Å²) in [4.78, 5) is 39.0. The predicted molar refractivity (Wildman–Crippen MR) is 122 cm³/mol. The van der Waals surface area contributed by atoms with Gasteiger partial charge in [0.25, 0.3) is 11.1 Å². The summed E-state index contributed by atoms with van der Waals surface area (Å²) >= 11 is 8.00. The smallest absolute Gasteiger partial charge is 0.294 e. The number of hydrogen-bond acceptors (Lipinski definition) is 6. The van der Waals surface area contributed by atoms with Crippen LogP contribution in [0.1, 0.15) is 5.76 Å². The number of nitrogens with zero attached hydrogens (tertiary/aromatic N) is 1. The minimum atomic E-state index is -0.586. The van der Waals surface area contributed by atoms with E-state index in [0.29, 0.717) is 21.6 Å². The SMILES string of the molecule is O=C(CN1C(=O)S/C(=C\c2ccc(Sc3ccc(Cl)cc3)o2)C1=O)Nc1ccc(F)cc1. The molecule has 1 aliphatic rings. The van der Waals surface area contributed by atoms with Gasteiger partial charge < -0.3 is 9.73 Å². The van der Waals surface area contributed by atoms with E-state index in [1.165, 1.54) is 42.1 Å². The van der Waals surface area contributed by atoms with Crippen LogP contribution in [0.3, 0.4) is 0 Å². The summed E-state index contributed by atoms with van der Waals surface area (Å²) < 4.78 is 18.7. The molecule has 1 aliphatic heterocycles. The van der Waals surface area contributed by atoms with Crippen molar-refractivity contribution in [1.29, 1.82) is 0 Å². The van der Waals surface area contributed by atoms with Crippen LogP contribution in [0.25, 0.3) is 6.08 Å². The molecule has 0 saturated carbocycles. The number of amides is 3. The molecule has 0 radical (unpaired) electrons. The maximum absolute atomic E-state index is 13.0. The first-order valence-corrected chi connectivity index (χ1v) is 11.2. The lowest BCUT2D eigenvalue weighted by molar-refractivity contribution is -0.127. The van der Waals surface area contributed by atoms with E-state index in [2.05, 4.69) is 5.32 Å². The van der Waals surface area contributed by atoms with E-state index in [0.717, 1.165) is 21.6 Å². The maximum atomic E-state index is 13.0. The fourth-order valence-corrected chi connectivity index (χ4v) is 4.45. The lowest BCUT2D eigenvalue weighted by Gasteiger charge is -2.12. The van der Waals surface area contributed by atoms with Crippen LogP contribution in [-0.2, 0) is 9.59 Å². The molecule has 6 nitrogen and oxygen atoms in total. The number of imide groups is 1. The number of halogens is 2. The molecule has 0 spiro atoms. The zero-order valence-corrected chi connectivity index (χ0v) is 18.6. The van der Waals surface area contributed by atoms with Gasteiger partial charge in [-0.3, -0.25) is 19.3 Å². The number of thioether (sulfide) groups is 1. The third-order valence-electron chi connectivity index (χ3n) is 4.21. The minimum absolute atomic E-state index is 0.155. The second kappa shape index (κ2) is 9.64. The largest absolute Gasteiger partial charge is 0.450 e. The normalized spacial score (nSPS) is 14.9. The summed E-state index contributed by atoms with van der Waals surface area (Å²) in [5.74, 6) is -1.19. The van der Waals surface area contributed by atoms with E-state index in [4.69, 9.17) is 16.0 Å². The summed E-state index contributed by atoms with van der Waals surface area (Å²) in [7, 11) is 0. The van der Waals surface area contributed by atoms with Crippen molar-refractivity contribution in [2.75, 3.05) is 11.9 Å². The van der Waals surface area contributed by atoms with Crippen LogP contribution < -0.4 is 5.32 Å². The standard InChI is InChI=1S/C22H14ClFN2O4S2/c23-13-1-8-17(9-2-13)31-20-10-7-16(30-20)11-18-21(28)26(22(29)32-18)12-19(27)25-15-5-3-14(24)4-6-15/h1-11H,12H2,(H,25,27)/b18-11-. The second-order valence-electron chi connectivity index (χ2n) is 6.54. The van der Waals surface area contributed by atoms with Crippen LogP contribution in [0.15, 0.2) is 80.0 Å². The highest BCUT2D eigenvalue weighted by atomic mass is 35.5. The topological polar surface area (TPSA) is 79.6 Å². The second-order valence-corrected chi connectivity index (χ2v) is 9.04. The molecule has 0 aliphatic carbocycles. The van der Waals surface area contributed by atoms with Gasteiger partial charge in [-0.1, -0.05) is 23.4 Å². The van der Waals surface area contributed by atoms with Gasteiger partial charge in [-0.05, 0) is 72.4 Å². The Labute approximate surface area is 195 Å². The lowest BCUT2D eigenvalue weighted by atomic mass is 10.3. The highest BCUT2D eigenvalue weighted by molar-refractivity contribution is 8.18. The molecule has 1 fully saturated rings. The lowest BCUT2D eigenvalue weighted by Crippen LogP contribution is -2.36. The van der Waals surface area contributed by atoms with Crippen molar-refractivity contribution in [3.63, 3.8) is 0 Å². The third-order valence-corrected chi connectivity index (χ3v) is 6.30. The Balaban J connectivity index is 1.39. The Hall–Kier alpha value is -3.01. The molecule has 4 rings (SSSR count). The number of carbonyl (C=O) groups excluding carboxylic acids is 3. The van der Waals surface area contributed by atoms with E-state index in [9.17, 15) is 18.8 Å². The van der Waals surface area contributed by atoms with E-state index in [-0.39, 0.29) is 4.91 Å². The minimum Gasteiger partial charge on any atom is -0.450 e. The van der Waals surface area contributed by atoms with Crippen molar-refractivity contribution in [3.8, 4) is 0 Å². The number of anilines is 1. The average molecular weight is 489 g/mol. The quantitative estimate of drug-likeness (QED) is 0.435. The number of hydrogen-bond donors (Lipinski definition) is 1. The molecule has 10 heteroatoms. The molecule has 1 saturated heterocycles. The molecular formula is C22H14ClFN2O4S2. The van der Waals surface area contributed by atoms with Gasteiger partial charge >= 0.3 is 0 Å². The zero-order valence-electron chi connectivity index (χ0n) is 16.2. The Bertz CT molecular complexity index is 1210. The summed E-state index contributed by atoms with van der Waals surface area (Å²) in [6.07, 6.45) is 1.47. The number of carbonyl (C=O) groups is 3. The Morgan fingerprint density at radius 2 is 1.81 bits per heavy atom. The van der Waals surface area contributed by atoms with Gasteiger partial charge in [0, 0.05) is 21.7 Å². The zero-order chi connectivity index (χ0) is 22.7. The molecule has 0 bridgehead atoms. The van der Waals surface area contributed by atoms with Gasteiger partial charge in [0.05, 0.1) is 4.91 Å². The maximum Gasteiger partial charge on any atom is 0.294 e. The summed E-state index contributed by atoms with van der Waals surface area (Å²) in [5.41, 5.74) is 0.361. The van der Waals surface area contributed by atoms with E-state index in [1.807, 2.05) is 12.1 Å². The summed E-state index contributed by atoms with van der Waals surface area (Å²) in [5, 5.41) is 3.21. The van der Waals surface area contributed by atoms with Crippen LogP contribution in [0.5, 0.6) is 0 Å². The number of nitrogens with one attached hydrogen (secondary N) is 1. The third kappa shape index (κ3) is 5.42. The molecule has 2 aromatic carbocycles. The van der Waals surface area contributed by atoms with E-state index in [1.54, 1.807) is 24.3 Å². The molecule has 3 aromatic rings. The molecule has 3 amide bonds. The molecule has 32 heavy (non-hydrogen) atoms. The molecule has 0 atom stereocenters. The van der Waals surface area contributed by atoms with E-state index < -0.39 is 29.4 Å². The molecular weight excluding hydrogens is 475 g/mol. The van der Waals surface area contributed by atoms with Crippen molar-refractivity contribution >= 4 is 63.9 Å². The fraction of sp³-hybridized carbons (Fsp3) is 0.0455. The molecule has 162 valence electrons. The number of furan rings is 1. The van der Waals surface area contributed by atoms with Gasteiger partial charge in [0.2, 0.25) is 5.91 Å². The molecule has 1 N–H and O–H groups in total. The first kappa shape index (κ1) is 22.2. The van der Waals surface area contributed by atoms with Crippen molar-refractivity contribution in [1.82, 2.24) is 4.90 Å². The monoisotopic (exact) mass is 488 g/mol. The first-order chi connectivity index (χ1) is 15.4. The fourth-order valence-electron chi connectivity index (χ4n) is 2.73. The van der Waals surface area contributed by atoms with Gasteiger partial charge in [-0.25, -0.2) is 4.39 Å². The van der Waals surface area contributed by atoms with Crippen LogP contribution in [0, 0.1) is 5.82 Å². The van der Waals surface area contributed by atoms with Gasteiger partial charge in [-0.2, -0.15) is 0 Å². The van der Waals surface area contributed by atoms with Crippen LogP contribution in [-0.4, -0.2) is 28.5 Å². The van der Waals surface area contributed by atoms with Crippen LogP contribution >= 0.6 is 35.1 Å². The molecule has 1 aromatic heterocycles. The van der Waals surface area contributed by atoms with Crippen molar-refractivity contribution in [2.24, 2.45) is 0 Å². The number of rotatable bonds is 6. The van der Waals surface area contributed by atoms with Gasteiger partial charge in [0.15, 0.2) is 5.09 Å². The van der Waals surface area contributed by atoms with E-state index >= 15 is 0 Å². The Morgan fingerprint density at radius 1 is 1.09 bits per heavy atom. The summed E-state index contributed by atoms with van der Waals surface area (Å²) in [6, 6.07) is 15.9. The molecule has 2 heterocycles. The van der Waals surface area contributed by atoms with Crippen molar-refractivity contribution in [3.05, 3.63) is 82.2 Å². The number of benzene rings is 2. The van der Waals surface area contributed by atoms with Crippen LogP contribution in [0.4, 0.5) is 14.9 Å². The van der Waals surface area contributed by atoms with Crippen molar-refractivity contribution in [2.45, 2.75) is 9.99 Å². The first-order valence-electron chi connectivity index (χ1n) is 9.21. The van der Waals surface area contributed by atoms with Crippen LogP contribution in [0.2, 0.25) is 5.02 Å². The van der Waals surface area contributed by atoms with Gasteiger partial charge in [-0.15, -0.1) is 0 Å². The highest BCUT2D eigenvalue weighted by Crippen LogP contribution is 2.34. The van der Waals surface area contributed by atoms with Gasteiger partial charge in [0.1, 0.15) is 18.1 Å².